The number of amides is 1. The molecule has 2 aliphatic heterocycles. The van der Waals surface area contributed by atoms with E-state index in [2.05, 4.69) is 10.3 Å². The summed E-state index contributed by atoms with van der Waals surface area (Å²) in [6.45, 7) is 1.92. The van der Waals surface area contributed by atoms with Gasteiger partial charge in [-0.05, 0) is 41.0 Å². The van der Waals surface area contributed by atoms with Gasteiger partial charge in [0, 0.05) is 11.5 Å². The number of carbonyl (C=O) groups excluding carboxylic acids is 1. The fourth-order valence-corrected chi connectivity index (χ4v) is 4.57. The summed E-state index contributed by atoms with van der Waals surface area (Å²) in [5.74, 6) is -0.684. The SMILES string of the molecule is CC1[C@H](c2ccccc2)Oc2ccc(-c3ccc(F)c(C#N)c3)cc2[C@]12N=C(N)NC2=O. The topological polar surface area (TPSA) is 100 Å². The first-order chi connectivity index (χ1) is 15.4. The number of guanidine groups is 1. The van der Waals surface area contributed by atoms with E-state index in [1.165, 1.54) is 12.1 Å². The molecule has 2 aliphatic rings. The number of aliphatic imine (C=N–C) groups is 1. The fourth-order valence-electron chi connectivity index (χ4n) is 4.57. The van der Waals surface area contributed by atoms with Gasteiger partial charge in [-0.25, -0.2) is 9.38 Å². The second kappa shape index (κ2) is 7.20. The number of ether oxygens (including phenoxy) is 1. The zero-order valence-corrected chi connectivity index (χ0v) is 17.2. The lowest BCUT2D eigenvalue weighted by Crippen LogP contribution is -2.48. The zero-order chi connectivity index (χ0) is 22.5. The number of hydrogen-bond acceptors (Lipinski definition) is 5. The lowest BCUT2D eigenvalue weighted by atomic mass is 9.72. The van der Waals surface area contributed by atoms with Crippen molar-refractivity contribution in [2.45, 2.75) is 18.6 Å². The van der Waals surface area contributed by atoms with Crippen molar-refractivity contribution in [2.24, 2.45) is 16.6 Å². The first kappa shape index (κ1) is 19.8. The van der Waals surface area contributed by atoms with Crippen LogP contribution in [0.15, 0.2) is 71.7 Å². The van der Waals surface area contributed by atoms with Gasteiger partial charge in [-0.2, -0.15) is 5.26 Å². The molecule has 2 heterocycles. The molecule has 1 spiro atoms. The Bertz CT molecular complexity index is 1320. The average Bonchev–Trinajstić information content (AvgIpc) is 3.11. The number of nitrogens with two attached hydrogens (primary N) is 1. The van der Waals surface area contributed by atoms with Crippen molar-refractivity contribution >= 4 is 11.9 Å². The molecule has 32 heavy (non-hydrogen) atoms. The average molecular weight is 426 g/mol. The van der Waals surface area contributed by atoms with Crippen LogP contribution in [0, 0.1) is 23.1 Å². The fraction of sp³-hybridized carbons (Fsp3) is 0.160. The Labute approximate surface area is 184 Å². The smallest absolute Gasteiger partial charge is 0.259 e. The first-order valence-corrected chi connectivity index (χ1v) is 10.2. The minimum absolute atomic E-state index is 0.0513. The third kappa shape index (κ3) is 2.84. The third-order valence-corrected chi connectivity index (χ3v) is 6.19. The van der Waals surface area contributed by atoms with Gasteiger partial charge in [-0.1, -0.05) is 49.4 Å². The van der Waals surface area contributed by atoms with E-state index in [1.54, 1.807) is 12.1 Å². The lowest BCUT2D eigenvalue weighted by molar-refractivity contribution is -0.128. The molecule has 3 aromatic carbocycles. The third-order valence-electron chi connectivity index (χ3n) is 6.19. The van der Waals surface area contributed by atoms with Crippen LogP contribution in [0.5, 0.6) is 5.75 Å². The number of nitrogens with zero attached hydrogens (tertiary/aromatic N) is 2. The van der Waals surface area contributed by atoms with Gasteiger partial charge in [0.15, 0.2) is 11.5 Å². The molecule has 1 unspecified atom stereocenters. The Balaban J connectivity index is 1.70. The Morgan fingerprint density at radius 2 is 1.84 bits per heavy atom. The molecule has 3 N–H and O–H groups in total. The minimum Gasteiger partial charge on any atom is -0.485 e. The van der Waals surface area contributed by atoms with Gasteiger partial charge in [0.1, 0.15) is 23.7 Å². The molecule has 0 saturated carbocycles. The monoisotopic (exact) mass is 426 g/mol. The van der Waals surface area contributed by atoms with Crippen molar-refractivity contribution in [3.8, 4) is 22.9 Å². The van der Waals surface area contributed by atoms with E-state index >= 15 is 0 Å². The number of nitrogens with one attached hydrogen (secondary N) is 1. The number of halogens is 1. The highest BCUT2D eigenvalue weighted by Crippen LogP contribution is 2.52. The normalized spacial score (nSPS) is 23.7. The molecule has 1 amide bonds. The quantitative estimate of drug-likeness (QED) is 0.651. The first-order valence-electron chi connectivity index (χ1n) is 10.2. The van der Waals surface area contributed by atoms with Crippen LogP contribution in [-0.4, -0.2) is 11.9 Å². The molecular formula is C25H19FN4O2. The zero-order valence-electron chi connectivity index (χ0n) is 17.2. The lowest BCUT2D eigenvalue weighted by Gasteiger charge is -2.42. The predicted octanol–water partition coefficient (Wildman–Crippen LogP) is 3.77. The van der Waals surface area contributed by atoms with Gasteiger partial charge >= 0.3 is 0 Å². The highest BCUT2D eigenvalue weighted by atomic mass is 19.1. The molecule has 5 rings (SSSR count). The summed E-state index contributed by atoms with van der Waals surface area (Å²) in [7, 11) is 0. The molecule has 158 valence electrons. The van der Waals surface area contributed by atoms with Crippen LogP contribution in [0.4, 0.5) is 4.39 Å². The van der Waals surface area contributed by atoms with Crippen LogP contribution in [0.1, 0.15) is 29.7 Å². The summed E-state index contributed by atoms with van der Waals surface area (Å²) in [5.41, 5.74) is 7.48. The molecule has 7 heteroatoms. The molecule has 3 aromatic rings. The van der Waals surface area contributed by atoms with Gasteiger partial charge in [0.25, 0.3) is 5.91 Å². The van der Waals surface area contributed by atoms with Gasteiger partial charge in [0.05, 0.1) is 5.56 Å². The maximum Gasteiger partial charge on any atom is 0.259 e. The van der Waals surface area contributed by atoms with Crippen LogP contribution in [0.2, 0.25) is 0 Å². The van der Waals surface area contributed by atoms with Gasteiger partial charge in [-0.15, -0.1) is 0 Å². The molecule has 0 radical (unpaired) electrons. The van der Waals surface area contributed by atoms with Crippen LogP contribution in [-0.2, 0) is 10.3 Å². The summed E-state index contributed by atoms with van der Waals surface area (Å²) in [5, 5.41) is 11.8. The van der Waals surface area contributed by atoms with E-state index in [4.69, 9.17) is 10.5 Å². The minimum atomic E-state index is -1.27. The van der Waals surface area contributed by atoms with E-state index in [9.17, 15) is 14.4 Å². The highest BCUT2D eigenvalue weighted by Gasteiger charge is 2.56. The number of nitriles is 1. The van der Waals surface area contributed by atoms with Crippen LogP contribution >= 0.6 is 0 Å². The standard InChI is InChI=1S/C25H19FN4O2/c1-14-22(15-5-3-2-4-6-15)32-21-10-8-17(16-7-9-20(26)18(11-16)13-27)12-19(21)25(14)23(31)29-24(28)30-25/h2-12,14,22H,1H3,(H3,28,29,30,31)/t14?,22-,25-/m1/s1. The van der Waals surface area contributed by atoms with E-state index in [-0.39, 0.29) is 23.3 Å². The summed E-state index contributed by atoms with van der Waals surface area (Å²) < 4.78 is 20.2. The number of hydrogen-bond donors (Lipinski definition) is 2. The number of rotatable bonds is 2. The second-order valence-corrected chi connectivity index (χ2v) is 7.97. The van der Waals surface area contributed by atoms with Crippen molar-refractivity contribution in [3.05, 3.63) is 89.2 Å². The van der Waals surface area contributed by atoms with Gasteiger partial charge < -0.3 is 10.5 Å². The number of benzene rings is 3. The van der Waals surface area contributed by atoms with E-state index < -0.39 is 17.5 Å². The van der Waals surface area contributed by atoms with Crippen LogP contribution in [0.3, 0.4) is 0 Å². The number of fused-ring (bicyclic) bond motifs is 2. The number of carbonyl (C=O) groups is 1. The summed E-state index contributed by atoms with van der Waals surface area (Å²) in [6.07, 6.45) is -0.411. The Kier molecular flexibility index (Phi) is 4.45. The van der Waals surface area contributed by atoms with Crippen molar-refractivity contribution < 1.29 is 13.9 Å². The largest absolute Gasteiger partial charge is 0.485 e. The summed E-state index contributed by atoms with van der Waals surface area (Å²) in [6, 6.07) is 21.3. The van der Waals surface area contributed by atoms with Crippen LogP contribution in [0.25, 0.3) is 11.1 Å². The molecule has 0 aromatic heterocycles. The maximum atomic E-state index is 13.8. The van der Waals surface area contributed by atoms with Gasteiger partial charge in [0.2, 0.25) is 0 Å². The molecule has 0 bridgehead atoms. The molecule has 0 saturated heterocycles. The second-order valence-electron chi connectivity index (χ2n) is 7.97. The Morgan fingerprint density at radius 1 is 1.12 bits per heavy atom. The van der Waals surface area contributed by atoms with E-state index in [1.807, 2.05) is 55.5 Å². The highest BCUT2D eigenvalue weighted by molar-refractivity contribution is 6.08. The van der Waals surface area contributed by atoms with Crippen molar-refractivity contribution in [3.63, 3.8) is 0 Å². The molecule has 0 aliphatic carbocycles. The Hall–Kier alpha value is -4.18. The predicted molar refractivity (Wildman–Crippen MR) is 117 cm³/mol. The van der Waals surface area contributed by atoms with Crippen LogP contribution < -0.4 is 15.8 Å². The van der Waals surface area contributed by atoms with Gasteiger partial charge in [-0.3, -0.25) is 10.1 Å². The molecule has 0 fully saturated rings. The van der Waals surface area contributed by atoms with Crippen molar-refractivity contribution in [1.29, 1.82) is 5.26 Å². The summed E-state index contributed by atoms with van der Waals surface area (Å²) in [4.78, 5) is 17.8. The van der Waals surface area contributed by atoms with E-state index in [0.29, 0.717) is 22.4 Å². The maximum absolute atomic E-state index is 13.8. The van der Waals surface area contributed by atoms with E-state index in [0.717, 1.165) is 5.56 Å². The molecule has 3 atom stereocenters. The molecule has 6 nitrogen and oxygen atoms in total. The Morgan fingerprint density at radius 3 is 2.53 bits per heavy atom. The van der Waals surface area contributed by atoms with Crippen molar-refractivity contribution in [1.82, 2.24) is 5.32 Å². The molecular weight excluding hydrogens is 407 g/mol. The summed E-state index contributed by atoms with van der Waals surface area (Å²) >= 11 is 0. The van der Waals surface area contributed by atoms with Crippen molar-refractivity contribution in [2.75, 3.05) is 0 Å².